The van der Waals surface area contributed by atoms with Gasteiger partial charge in [-0.3, -0.25) is 0 Å². The summed E-state index contributed by atoms with van der Waals surface area (Å²) < 4.78 is 5.29. The highest BCUT2D eigenvalue weighted by atomic mass is 32.1. The number of rotatable bonds is 6. The lowest BCUT2D eigenvalue weighted by molar-refractivity contribution is 0.185. The molecular formula is C14H23N3O2S. The van der Waals surface area contributed by atoms with Crippen LogP contribution in [0.3, 0.4) is 0 Å². The maximum atomic E-state index is 11.8. The molecule has 1 fully saturated rings. The van der Waals surface area contributed by atoms with Crippen molar-refractivity contribution in [2.45, 2.75) is 12.5 Å². The molecule has 2 heterocycles. The van der Waals surface area contributed by atoms with Crippen LogP contribution in [0.1, 0.15) is 18.0 Å². The van der Waals surface area contributed by atoms with Gasteiger partial charge in [0, 0.05) is 25.6 Å². The molecule has 0 unspecified atom stereocenters. The van der Waals surface area contributed by atoms with E-state index in [0.717, 1.165) is 19.6 Å². The summed E-state index contributed by atoms with van der Waals surface area (Å²) in [4.78, 5) is 13.9. The van der Waals surface area contributed by atoms with Gasteiger partial charge in [0.1, 0.15) is 0 Å². The van der Waals surface area contributed by atoms with Crippen LogP contribution in [0.5, 0.6) is 0 Å². The summed E-state index contributed by atoms with van der Waals surface area (Å²) in [7, 11) is 4.05. The molecule has 2 N–H and O–H groups in total. The van der Waals surface area contributed by atoms with Crippen LogP contribution in [0.4, 0.5) is 4.79 Å². The number of hydrogen-bond donors (Lipinski definition) is 2. The number of thiophene rings is 1. The summed E-state index contributed by atoms with van der Waals surface area (Å²) in [6.45, 7) is 2.87. The lowest BCUT2D eigenvalue weighted by Crippen LogP contribution is -2.42. The number of hydrogen-bond acceptors (Lipinski definition) is 4. The second-order valence-corrected chi connectivity index (χ2v) is 6.14. The third kappa shape index (κ3) is 4.47. The molecule has 2 amide bonds. The third-order valence-electron chi connectivity index (χ3n) is 3.58. The molecule has 20 heavy (non-hydrogen) atoms. The average Bonchev–Trinajstić information content (AvgIpc) is 3.09. The van der Waals surface area contributed by atoms with E-state index in [1.54, 1.807) is 11.3 Å². The first-order valence-electron chi connectivity index (χ1n) is 6.94. The fourth-order valence-electron chi connectivity index (χ4n) is 2.30. The molecule has 1 saturated heterocycles. The second-order valence-electron chi connectivity index (χ2n) is 5.36. The Morgan fingerprint density at radius 2 is 2.40 bits per heavy atom. The van der Waals surface area contributed by atoms with Gasteiger partial charge >= 0.3 is 6.03 Å². The average molecular weight is 297 g/mol. The van der Waals surface area contributed by atoms with E-state index in [-0.39, 0.29) is 12.1 Å². The van der Waals surface area contributed by atoms with E-state index >= 15 is 0 Å². The molecule has 0 aromatic carbocycles. The molecule has 6 heteroatoms. The molecule has 1 aliphatic heterocycles. The largest absolute Gasteiger partial charge is 0.381 e. The molecule has 1 aliphatic rings. The molecule has 1 aromatic rings. The van der Waals surface area contributed by atoms with Gasteiger partial charge in [-0.25, -0.2) is 4.79 Å². The summed E-state index contributed by atoms with van der Waals surface area (Å²) in [5, 5.41) is 10.1. The molecule has 2 rings (SSSR count). The number of nitrogens with zero attached hydrogens (tertiary/aromatic N) is 1. The van der Waals surface area contributed by atoms with Crippen LogP contribution >= 0.6 is 11.3 Å². The number of ether oxygens (including phenoxy) is 1. The first kappa shape index (κ1) is 15.3. The lowest BCUT2D eigenvalue weighted by Gasteiger charge is -2.24. The Kier molecular flexibility index (Phi) is 5.82. The molecule has 0 aliphatic carbocycles. The zero-order chi connectivity index (χ0) is 14.4. The number of nitrogens with one attached hydrogen (secondary N) is 2. The fraction of sp³-hybridized carbons (Fsp3) is 0.643. The van der Waals surface area contributed by atoms with Gasteiger partial charge in [0.05, 0.1) is 12.6 Å². The SMILES string of the molecule is CN(C)[C@H](CNC(=O)NC[C@H]1CCOC1)c1ccsc1. The van der Waals surface area contributed by atoms with Gasteiger partial charge in [0.15, 0.2) is 0 Å². The van der Waals surface area contributed by atoms with Crippen molar-refractivity contribution >= 4 is 17.4 Å². The van der Waals surface area contributed by atoms with Crippen molar-refractivity contribution in [3.63, 3.8) is 0 Å². The van der Waals surface area contributed by atoms with E-state index < -0.39 is 0 Å². The molecule has 0 radical (unpaired) electrons. The molecule has 5 nitrogen and oxygen atoms in total. The Labute approximate surface area is 124 Å². The summed E-state index contributed by atoms with van der Waals surface area (Å²) in [6, 6.07) is 2.21. The number of urea groups is 1. The van der Waals surface area contributed by atoms with Gasteiger partial charge in [-0.15, -0.1) is 0 Å². The maximum Gasteiger partial charge on any atom is 0.314 e. The fourth-order valence-corrected chi connectivity index (χ4v) is 3.00. The van der Waals surface area contributed by atoms with Gasteiger partial charge < -0.3 is 20.3 Å². The Morgan fingerprint density at radius 1 is 1.55 bits per heavy atom. The summed E-state index contributed by atoms with van der Waals surface area (Å²) in [6.07, 6.45) is 1.04. The van der Waals surface area contributed by atoms with Gasteiger partial charge in [0.25, 0.3) is 0 Å². The normalized spacial score (nSPS) is 20.1. The van der Waals surface area contributed by atoms with E-state index in [2.05, 4.69) is 32.4 Å². The van der Waals surface area contributed by atoms with E-state index in [4.69, 9.17) is 4.74 Å². The van der Waals surface area contributed by atoms with Crippen molar-refractivity contribution in [2.24, 2.45) is 5.92 Å². The summed E-state index contributed by atoms with van der Waals surface area (Å²) in [5.74, 6) is 0.460. The summed E-state index contributed by atoms with van der Waals surface area (Å²) in [5.41, 5.74) is 1.24. The molecule has 1 aromatic heterocycles. The number of carbonyl (C=O) groups excluding carboxylic acids is 1. The standard InChI is InChI=1S/C14H23N3O2S/c1-17(2)13(12-4-6-20-10-12)8-16-14(18)15-7-11-3-5-19-9-11/h4,6,10-11,13H,3,5,7-9H2,1-2H3,(H2,15,16,18)/t11-,13-/m1/s1. The monoisotopic (exact) mass is 297 g/mol. The number of carbonyl (C=O) groups is 1. The zero-order valence-electron chi connectivity index (χ0n) is 12.1. The molecule has 0 bridgehead atoms. The second kappa shape index (κ2) is 7.61. The van der Waals surface area contributed by atoms with Crippen LogP contribution in [0, 0.1) is 5.92 Å². The van der Waals surface area contributed by atoms with Gasteiger partial charge in [-0.1, -0.05) is 0 Å². The number of likely N-dealkylation sites (N-methyl/N-ethyl adjacent to an activating group) is 1. The highest BCUT2D eigenvalue weighted by Crippen LogP contribution is 2.19. The van der Waals surface area contributed by atoms with Crippen LogP contribution in [-0.4, -0.2) is 51.3 Å². The minimum absolute atomic E-state index is 0.0982. The molecule has 2 atom stereocenters. The van der Waals surface area contributed by atoms with Crippen LogP contribution in [0.15, 0.2) is 16.8 Å². The quantitative estimate of drug-likeness (QED) is 0.840. The Hall–Kier alpha value is -1.11. The van der Waals surface area contributed by atoms with Crippen LogP contribution in [0.2, 0.25) is 0 Å². The van der Waals surface area contributed by atoms with Crippen LogP contribution in [0.25, 0.3) is 0 Å². The lowest BCUT2D eigenvalue weighted by atomic mass is 10.1. The minimum atomic E-state index is -0.0982. The van der Waals surface area contributed by atoms with Crippen LogP contribution < -0.4 is 10.6 Å². The topological polar surface area (TPSA) is 53.6 Å². The predicted molar refractivity (Wildman–Crippen MR) is 81.1 cm³/mol. The molecule has 0 spiro atoms. The molecular weight excluding hydrogens is 274 g/mol. The van der Waals surface area contributed by atoms with Crippen molar-refractivity contribution in [1.29, 1.82) is 0 Å². The smallest absolute Gasteiger partial charge is 0.314 e. The first-order valence-corrected chi connectivity index (χ1v) is 7.89. The maximum absolute atomic E-state index is 11.8. The Balaban J connectivity index is 1.73. The first-order chi connectivity index (χ1) is 9.66. The highest BCUT2D eigenvalue weighted by Gasteiger charge is 2.18. The predicted octanol–water partition coefficient (Wildman–Crippen LogP) is 1.69. The third-order valence-corrected chi connectivity index (χ3v) is 4.28. The van der Waals surface area contributed by atoms with Gasteiger partial charge in [-0.2, -0.15) is 11.3 Å². The highest BCUT2D eigenvalue weighted by molar-refractivity contribution is 7.07. The van der Waals surface area contributed by atoms with Crippen molar-refractivity contribution in [2.75, 3.05) is 40.4 Å². The Morgan fingerprint density at radius 3 is 3.00 bits per heavy atom. The van der Waals surface area contributed by atoms with E-state index in [9.17, 15) is 4.79 Å². The van der Waals surface area contributed by atoms with Crippen molar-refractivity contribution in [3.05, 3.63) is 22.4 Å². The molecule has 0 saturated carbocycles. The van der Waals surface area contributed by atoms with Gasteiger partial charge in [-0.05, 0) is 42.9 Å². The van der Waals surface area contributed by atoms with Crippen LogP contribution in [-0.2, 0) is 4.74 Å². The zero-order valence-corrected chi connectivity index (χ0v) is 12.9. The van der Waals surface area contributed by atoms with E-state index in [0.29, 0.717) is 19.0 Å². The summed E-state index contributed by atoms with van der Waals surface area (Å²) >= 11 is 1.68. The van der Waals surface area contributed by atoms with E-state index in [1.807, 2.05) is 14.1 Å². The number of amides is 2. The Bertz CT molecular complexity index is 403. The minimum Gasteiger partial charge on any atom is -0.381 e. The van der Waals surface area contributed by atoms with Gasteiger partial charge in [0.2, 0.25) is 0 Å². The van der Waals surface area contributed by atoms with Crippen molar-refractivity contribution < 1.29 is 9.53 Å². The van der Waals surface area contributed by atoms with Crippen molar-refractivity contribution in [1.82, 2.24) is 15.5 Å². The van der Waals surface area contributed by atoms with E-state index in [1.165, 1.54) is 5.56 Å². The molecule has 112 valence electrons. The van der Waals surface area contributed by atoms with Crippen molar-refractivity contribution in [3.8, 4) is 0 Å².